The van der Waals surface area contributed by atoms with Gasteiger partial charge in [-0.15, -0.1) is 0 Å². The van der Waals surface area contributed by atoms with E-state index in [9.17, 15) is 18.0 Å². The first-order chi connectivity index (χ1) is 16.2. The normalized spacial score (nSPS) is 12.4. The minimum atomic E-state index is -3.89. The maximum absolute atomic E-state index is 13.6. The van der Waals surface area contributed by atoms with Crippen LogP contribution in [-0.2, 0) is 26.2 Å². The fourth-order valence-corrected chi connectivity index (χ4v) is 4.84. The molecule has 0 saturated carbocycles. The Kier molecular flexibility index (Phi) is 10.5. The topological polar surface area (TPSA) is 86.8 Å². The fraction of sp³-hybridized carbons (Fsp3) is 0.391. The van der Waals surface area contributed by atoms with Crippen molar-refractivity contribution in [1.29, 1.82) is 0 Å². The average molecular weight is 583 g/mol. The number of hydrogen-bond acceptors (Lipinski definition) is 4. The van der Waals surface area contributed by atoms with Crippen LogP contribution in [0.15, 0.2) is 36.4 Å². The van der Waals surface area contributed by atoms with Gasteiger partial charge >= 0.3 is 0 Å². The molecule has 0 radical (unpaired) electrons. The Labute approximate surface area is 226 Å². The van der Waals surface area contributed by atoms with Crippen LogP contribution in [0.4, 0.5) is 5.69 Å². The van der Waals surface area contributed by atoms with E-state index in [2.05, 4.69) is 5.32 Å². The Morgan fingerprint density at radius 1 is 0.943 bits per heavy atom. The molecule has 0 bridgehead atoms. The molecule has 0 aliphatic rings. The van der Waals surface area contributed by atoms with E-state index >= 15 is 0 Å². The van der Waals surface area contributed by atoms with Gasteiger partial charge in [-0.1, -0.05) is 59.4 Å². The number of rotatable bonds is 10. The quantitative estimate of drug-likeness (QED) is 0.406. The molecule has 192 valence electrons. The van der Waals surface area contributed by atoms with Crippen molar-refractivity contribution in [3.63, 3.8) is 0 Å². The summed E-state index contributed by atoms with van der Waals surface area (Å²) in [5, 5.41) is 3.85. The van der Waals surface area contributed by atoms with Crippen molar-refractivity contribution in [3.05, 3.63) is 62.1 Å². The van der Waals surface area contributed by atoms with Crippen molar-refractivity contribution in [2.75, 3.05) is 17.1 Å². The molecule has 12 heteroatoms. The van der Waals surface area contributed by atoms with Crippen molar-refractivity contribution in [1.82, 2.24) is 10.2 Å². The van der Waals surface area contributed by atoms with Gasteiger partial charge in [0.15, 0.2) is 0 Å². The van der Waals surface area contributed by atoms with Crippen molar-refractivity contribution < 1.29 is 18.0 Å². The zero-order valence-corrected chi connectivity index (χ0v) is 23.5. The van der Waals surface area contributed by atoms with Gasteiger partial charge in [0.25, 0.3) is 0 Å². The number of amides is 2. The lowest BCUT2D eigenvalue weighted by molar-refractivity contribution is -0.140. The first kappa shape index (κ1) is 29.5. The molecule has 0 heterocycles. The Morgan fingerprint density at radius 2 is 1.51 bits per heavy atom. The van der Waals surface area contributed by atoms with Crippen LogP contribution >= 0.6 is 46.4 Å². The Morgan fingerprint density at radius 3 is 2.00 bits per heavy atom. The molecule has 0 unspecified atom stereocenters. The summed E-state index contributed by atoms with van der Waals surface area (Å²) in [5.41, 5.74) is 0.799. The van der Waals surface area contributed by atoms with Crippen LogP contribution in [0, 0.1) is 0 Å². The smallest absolute Gasteiger partial charge is 0.244 e. The zero-order chi connectivity index (χ0) is 26.5. The van der Waals surface area contributed by atoms with Crippen LogP contribution in [0.1, 0.15) is 32.8 Å². The van der Waals surface area contributed by atoms with Crippen LogP contribution < -0.4 is 9.62 Å². The van der Waals surface area contributed by atoms with Gasteiger partial charge in [0.2, 0.25) is 21.8 Å². The SMILES string of the molecule is CC[C@@H](C(=O)NC(C)C)N(Cc1ccc(Cl)c(Cl)c1)C(=O)CN(c1ccc(Cl)c(Cl)c1)S(C)(=O)=O. The molecular formula is C23H27Cl4N3O4S. The van der Waals surface area contributed by atoms with Crippen LogP contribution in [-0.4, -0.2) is 50.0 Å². The van der Waals surface area contributed by atoms with Gasteiger partial charge in [-0.3, -0.25) is 13.9 Å². The summed E-state index contributed by atoms with van der Waals surface area (Å²) in [6, 6.07) is 8.14. The van der Waals surface area contributed by atoms with Gasteiger partial charge in [0, 0.05) is 12.6 Å². The lowest BCUT2D eigenvalue weighted by Gasteiger charge is -2.33. The molecule has 2 aromatic rings. The second-order valence-corrected chi connectivity index (χ2v) is 11.8. The monoisotopic (exact) mass is 581 g/mol. The number of carbonyl (C=O) groups is 2. The van der Waals surface area contributed by atoms with E-state index in [1.807, 2.05) is 13.8 Å². The van der Waals surface area contributed by atoms with Gasteiger partial charge in [0.1, 0.15) is 12.6 Å². The lowest BCUT2D eigenvalue weighted by Crippen LogP contribution is -2.53. The molecule has 1 atom stereocenters. The molecule has 7 nitrogen and oxygen atoms in total. The summed E-state index contributed by atoms with van der Waals surface area (Å²) in [6.45, 7) is 4.85. The highest BCUT2D eigenvalue weighted by Gasteiger charge is 2.32. The molecule has 0 aliphatic heterocycles. The molecule has 2 rings (SSSR count). The van der Waals surface area contributed by atoms with Gasteiger partial charge < -0.3 is 10.2 Å². The summed E-state index contributed by atoms with van der Waals surface area (Å²) >= 11 is 24.2. The third-order valence-corrected chi connectivity index (χ3v) is 7.64. The molecule has 0 aromatic heterocycles. The summed E-state index contributed by atoms with van der Waals surface area (Å²) < 4.78 is 26.1. The first-order valence-corrected chi connectivity index (χ1v) is 14.1. The van der Waals surface area contributed by atoms with Crippen LogP contribution in [0.25, 0.3) is 0 Å². The predicted octanol–water partition coefficient (Wildman–Crippen LogP) is 5.40. The van der Waals surface area contributed by atoms with E-state index in [1.54, 1.807) is 25.1 Å². The van der Waals surface area contributed by atoms with Gasteiger partial charge in [-0.05, 0) is 56.2 Å². The summed E-state index contributed by atoms with van der Waals surface area (Å²) in [7, 11) is -3.89. The molecule has 35 heavy (non-hydrogen) atoms. The van der Waals surface area contributed by atoms with E-state index in [1.165, 1.54) is 23.1 Å². The summed E-state index contributed by atoms with van der Waals surface area (Å²) in [4.78, 5) is 27.9. The maximum atomic E-state index is 13.6. The molecule has 0 aliphatic carbocycles. The van der Waals surface area contributed by atoms with E-state index in [-0.39, 0.29) is 34.2 Å². The molecule has 2 amide bonds. The zero-order valence-electron chi connectivity index (χ0n) is 19.7. The van der Waals surface area contributed by atoms with E-state index < -0.39 is 28.5 Å². The number of nitrogens with one attached hydrogen (secondary N) is 1. The van der Waals surface area contributed by atoms with Crippen molar-refractivity contribution in [2.24, 2.45) is 0 Å². The predicted molar refractivity (Wildman–Crippen MR) is 143 cm³/mol. The fourth-order valence-electron chi connectivity index (χ4n) is 3.39. The van der Waals surface area contributed by atoms with Gasteiger partial charge in [-0.2, -0.15) is 0 Å². The van der Waals surface area contributed by atoms with Crippen molar-refractivity contribution in [3.8, 4) is 0 Å². The molecule has 0 spiro atoms. The first-order valence-electron chi connectivity index (χ1n) is 10.7. The average Bonchev–Trinajstić information content (AvgIpc) is 2.75. The molecule has 0 saturated heterocycles. The minimum Gasteiger partial charge on any atom is -0.352 e. The third kappa shape index (κ3) is 8.15. The van der Waals surface area contributed by atoms with E-state index in [0.717, 1.165) is 10.6 Å². The van der Waals surface area contributed by atoms with Gasteiger partial charge in [0.05, 0.1) is 32.0 Å². The van der Waals surface area contributed by atoms with E-state index in [4.69, 9.17) is 46.4 Å². The Hall–Kier alpha value is -1.71. The van der Waals surface area contributed by atoms with Gasteiger partial charge in [-0.25, -0.2) is 8.42 Å². The number of anilines is 1. The highest BCUT2D eigenvalue weighted by Crippen LogP contribution is 2.29. The summed E-state index contributed by atoms with van der Waals surface area (Å²) in [5.74, 6) is -0.935. The number of nitrogens with zero attached hydrogens (tertiary/aromatic N) is 2. The largest absolute Gasteiger partial charge is 0.352 e. The van der Waals surface area contributed by atoms with Crippen LogP contribution in [0.5, 0.6) is 0 Å². The summed E-state index contributed by atoms with van der Waals surface area (Å²) in [6.07, 6.45) is 1.28. The highest BCUT2D eigenvalue weighted by atomic mass is 35.5. The van der Waals surface area contributed by atoms with Crippen LogP contribution in [0.2, 0.25) is 20.1 Å². The molecule has 1 N–H and O–H groups in total. The maximum Gasteiger partial charge on any atom is 0.244 e. The van der Waals surface area contributed by atoms with Crippen molar-refractivity contribution in [2.45, 2.75) is 45.8 Å². The van der Waals surface area contributed by atoms with E-state index in [0.29, 0.717) is 22.0 Å². The molecular weight excluding hydrogens is 556 g/mol. The molecule has 2 aromatic carbocycles. The number of hydrogen-bond donors (Lipinski definition) is 1. The van der Waals surface area contributed by atoms with Crippen LogP contribution in [0.3, 0.4) is 0 Å². The standard InChI is InChI=1S/C23H27Cl4N3O4S/c1-5-21(23(32)28-14(2)3)29(12-15-6-8-17(24)19(26)10-15)22(31)13-30(35(4,33)34)16-7-9-18(25)20(27)11-16/h6-11,14,21H,5,12-13H2,1-4H3,(H,28,32)/t21-/m0/s1. The molecule has 0 fully saturated rings. The number of carbonyl (C=O) groups excluding carboxylic acids is 2. The highest BCUT2D eigenvalue weighted by molar-refractivity contribution is 7.92. The number of benzene rings is 2. The Balaban J connectivity index is 2.48. The second-order valence-electron chi connectivity index (χ2n) is 8.23. The Bertz CT molecular complexity index is 1190. The number of halogens is 4. The van der Waals surface area contributed by atoms with Crippen molar-refractivity contribution >= 4 is 73.9 Å². The number of sulfonamides is 1. The second kappa shape index (κ2) is 12.5. The minimum absolute atomic E-state index is 0.0126. The third-order valence-electron chi connectivity index (χ3n) is 5.02. The lowest BCUT2D eigenvalue weighted by atomic mass is 10.1.